The fourth-order valence-corrected chi connectivity index (χ4v) is 4.09. The number of fused-ring (bicyclic) bond motifs is 1. The molecule has 4 rings (SSSR count). The highest BCUT2D eigenvalue weighted by Gasteiger charge is 2.42. The van der Waals surface area contributed by atoms with Crippen molar-refractivity contribution in [2.24, 2.45) is 5.92 Å². The lowest BCUT2D eigenvalue weighted by Gasteiger charge is -2.31. The Kier molecular flexibility index (Phi) is 4.90. The summed E-state index contributed by atoms with van der Waals surface area (Å²) < 4.78 is 0. The molecule has 1 aliphatic rings. The first-order valence-corrected chi connectivity index (χ1v) is 9.88. The van der Waals surface area contributed by atoms with Gasteiger partial charge in [-0.25, -0.2) is 0 Å². The van der Waals surface area contributed by atoms with Crippen LogP contribution >= 0.6 is 0 Å². The molecule has 0 unspecified atom stereocenters. The number of nitrogens with zero attached hydrogens (tertiary/aromatic N) is 2. The Hall–Kier alpha value is -2.72. The molecule has 0 saturated carbocycles. The van der Waals surface area contributed by atoms with Gasteiger partial charge in [-0.05, 0) is 38.5 Å². The highest BCUT2D eigenvalue weighted by molar-refractivity contribution is 6.01. The molecule has 1 saturated heterocycles. The third kappa shape index (κ3) is 3.65. The Morgan fingerprint density at radius 1 is 1.00 bits per heavy atom. The van der Waals surface area contributed by atoms with Crippen molar-refractivity contribution in [3.05, 3.63) is 72.4 Å². The lowest BCUT2D eigenvalue weighted by molar-refractivity contribution is -0.120. The van der Waals surface area contributed by atoms with Crippen LogP contribution in [0.4, 0.5) is 5.69 Å². The van der Waals surface area contributed by atoms with Crippen molar-refractivity contribution in [1.29, 1.82) is 0 Å². The Morgan fingerprint density at radius 3 is 2.50 bits per heavy atom. The fourth-order valence-electron chi connectivity index (χ4n) is 4.09. The lowest BCUT2D eigenvalue weighted by atomic mass is 9.88. The highest BCUT2D eigenvalue weighted by atomic mass is 16.2. The molecular formula is C24H27N3O. The van der Waals surface area contributed by atoms with Crippen LogP contribution in [0.3, 0.4) is 0 Å². The Balaban J connectivity index is 1.64. The Morgan fingerprint density at radius 2 is 1.75 bits per heavy atom. The molecule has 1 amide bonds. The van der Waals surface area contributed by atoms with Crippen molar-refractivity contribution in [2.45, 2.75) is 32.2 Å². The van der Waals surface area contributed by atoms with Crippen LogP contribution in [0.25, 0.3) is 10.9 Å². The molecule has 2 atom stereocenters. The van der Waals surface area contributed by atoms with Gasteiger partial charge in [0.2, 0.25) is 5.91 Å². The number of likely N-dealkylation sites (tertiary alicyclic amines) is 1. The van der Waals surface area contributed by atoms with E-state index in [1.54, 1.807) is 6.20 Å². The standard InChI is InChI=1S/C24H27N3O/c1-24(2,3)27-15-19(17-9-5-4-6-10-17)20(16-27)23(28)26-21-13-7-11-18-12-8-14-25-22(18)21/h4-14,19-20H,15-16H2,1-3H3,(H,26,28)/t19-,20-/m1/s1. The highest BCUT2D eigenvalue weighted by Crippen LogP contribution is 2.37. The van der Waals surface area contributed by atoms with Crippen molar-refractivity contribution in [3.8, 4) is 0 Å². The first kappa shape index (κ1) is 18.6. The molecule has 4 heteroatoms. The number of pyridine rings is 1. The minimum atomic E-state index is -0.0967. The molecule has 0 bridgehead atoms. The second-order valence-corrected chi connectivity index (χ2v) is 8.57. The minimum Gasteiger partial charge on any atom is -0.324 e. The van der Waals surface area contributed by atoms with E-state index in [4.69, 9.17) is 0 Å². The molecule has 0 spiro atoms. The molecule has 4 nitrogen and oxygen atoms in total. The van der Waals surface area contributed by atoms with E-state index in [1.807, 2.05) is 36.4 Å². The summed E-state index contributed by atoms with van der Waals surface area (Å²) in [6.07, 6.45) is 1.77. The van der Waals surface area contributed by atoms with Gasteiger partial charge >= 0.3 is 0 Å². The van der Waals surface area contributed by atoms with Gasteiger partial charge in [0.15, 0.2) is 0 Å². The van der Waals surface area contributed by atoms with Crippen LogP contribution in [-0.2, 0) is 4.79 Å². The molecule has 28 heavy (non-hydrogen) atoms. The summed E-state index contributed by atoms with van der Waals surface area (Å²) in [6.45, 7) is 8.28. The van der Waals surface area contributed by atoms with Crippen LogP contribution in [0.2, 0.25) is 0 Å². The van der Waals surface area contributed by atoms with E-state index in [0.717, 1.165) is 29.7 Å². The maximum Gasteiger partial charge on any atom is 0.229 e. The van der Waals surface area contributed by atoms with Crippen LogP contribution in [-0.4, -0.2) is 34.4 Å². The summed E-state index contributed by atoms with van der Waals surface area (Å²) in [6, 6.07) is 20.2. The number of amides is 1. The summed E-state index contributed by atoms with van der Waals surface area (Å²) >= 11 is 0. The van der Waals surface area contributed by atoms with Crippen molar-refractivity contribution in [3.63, 3.8) is 0 Å². The summed E-state index contributed by atoms with van der Waals surface area (Å²) in [4.78, 5) is 20.2. The average molecular weight is 374 g/mol. The van der Waals surface area contributed by atoms with E-state index < -0.39 is 0 Å². The van der Waals surface area contributed by atoms with Crippen LogP contribution in [0.15, 0.2) is 66.9 Å². The number of anilines is 1. The molecule has 1 aliphatic heterocycles. The first-order valence-electron chi connectivity index (χ1n) is 9.88. The second kappa shape index (κ2) is 7.36. The molecule has 3 aromatic rings. The SMILES string of the molecule is CC(C)(C)N1C[C@H](c2ccccc2)[C@H](C(=O)Nc2cccc3cccnc23)C1. The number of hydrogen-bond acceptors (Lipinski definition) is 3. The number of benzene rings is 2. The summed E-state index contributed by atoms with van der Waals surface area (Å²) in [5.41, 5.74) is 2.87. The number of aromatic nitrogens is 1. The van der Waals surface area contributed by atoms with Crippen molar-refractivity contribution < 1.29 is 4.79 Å². The average Bonchev–Trinajstić information content (AvgIpc) is 3.15. The predicted octanol–water partition coefficient (Wildman–Crippen LogP) is 4.69. The zero-order valence-electron chi connectivity index (χ0n) is 16.7. The molecule has 2 aromatic carbocycles. The van der Waals surface area contributed by atoms with Gasteiger partial charge < -0.3 is 5.32 Å². The Labute approximate surface area is 166 Å². The van der Waals surface area contributed by atoms with E-state index in [0.29, 0.717) is 0 Å². The van der Waals surface area contributed by atoms with Gasteiger partial charge in [0, 0.05) is 36.1 Å². The fraction of sp³-hybridized carbons (Fsp3) is 0.333. The number of nitrogens with one attached hydrogen (secondary N) is 1. The van der Waals surface area contributed by atoms with Crippen LogP contribution < -0.4 is 5.32 Å². The summed E-state index contributed by atoms with van der Waals surface area (Å²) in [5, 5.41) is 4.20. The first-order chi connectivity index (χ1) is 13.4. The van der Waals surface area contributed by atoms with E-state index in [9.17, 15) is 4.79 Å². The largest absolute Gasteiger partial charge is 0.324 e. The summed E-state index contributed by atoms with van der Waals surface area (Å²) in [7, 11) is 0. The van der Waals surface area contributed by atoms with Crippen LogP contribution in [0, 0.1) is 5.92 Å². The minimum absolute atomic E-state index is 0.0308. The van der Waals surface area contributed by atoms with Gasteiger partial charge in [-0.3, -0.25) is 14.7 Å². The van der Waals surface area contributed by atoms with Crippen LogP contribution in [0.5, 0.6) is 0 Å². The van der Waals surface area contributed by atoms with E-state index in [1.165, 1.54) is 5.56 Å². The van der Waals surface area contributed by atoms with Gasteiger partial charge in [-0.15, -0.1) is 0 Å². The lowest BCUT2D eigenvalue weighted by Crippen LogP contribution is -2.40. The Bertz CT molecular complexity index is 973. The number of hydrogen-bond donors (Lipinski definition) is 1. The normalized spacial score (nSPS) is 20.4. The monoisotopic (exact) mass is 373 g/mol. The van der Waals surface area contributed by atoms with E-state index in [-0.39, 0.29) is 23.3 Å². The predicted molar refractivity (Wildman–Crippen MR) is 114 cm³/mol. The van der Waals surface area contributed by atoms with Gasteiger partial charge in [0.1, 0.15) is 0 Å². The van der Waals surface area contributed by atoms with Crippen molar-refractivity contribution >= 4 is 22.5 Å². The second-order valence-electron chi connectivity index (χ2n) is 8.57. The molecule has 1 aromatic heterocycles. The maximum atomic E-state index is 13.3. The molecular weight excluding hydrogens is 346 g/mol. The quantitative estimate of drug-likeness (QED) is 0.724. The third-order valence-corrected chi connectivity index (χ3v) is 5.72. The van der Waals surface area contributed by atoms with Crippen molar-refractivity contribution in [2.75, 3.05) is 18.4 Å². The maximum absolute atomic E-state index is 13.3. The van der Waals surface area contributed by atoms with Crippen LogP contribution in [0.1, 0.15) is 32.3 Å². The van der Waals surface area contributed by atoms with Gasteiger partial charge in [-0.2, -0.15) is 0 Å². The summed E-state index contributed by atoms with van der Waals surface area (Å²) in [5.74, 6) is 0.155. The number of para-hydroxylation sites is 1. The van der Waals surface area contributed by atoms with E-state index >= 15 is 0 Å². The molecule has 0 aliphatic carbocycles. The topological polar surface area (TPSA) is 45.2 Å². The number of rotatable bonds is 3. The molecule has 144 valence electrons. The zero-order valence-corrected chi connectivity index (χ0v) is 16.7. The molecule has 0 radical (unpaired) electrons. The molecule has 1 N–H and O–H groups in total. The van der Waals surface area contributed by atoms with Gasteiger partial charge in [-0.1, -0.05) is 48.5 Å². The number of carbonyl (C=O) groups is 1. The van der Waals surface area contributed by atoms with Gasteiger partial charge in [0.25, 0.3) is 0 Å². The smallest absolute Gasteiger partial charge is 0.229 e. The number of carbonyl (C=O) groups excluding carboxylic acids is 1. The molecule has 2 heterocycles. The molecule has 1 fully saturated rings. The zero-order chi connectivity index (χ0) is 19.7. The van der Waals surface area contributed by atoms with Crippen molar-refractivity contribution in [1.82, 2.24) is 9.88 Å². The van der Waals surface area contributed by atoms with E-state index in [2.05, 4.69) is 60.2 Å². The third-order valence-electron chi connectivity index (χ3n) is 5.72. The van der Waals surface area contributed by atoms with Gasteiger partial charge in [0.05, 0.1) is 17.1 Å².